The zero-order valence-electron chi connectivity index (χ0n) is 13.4. The monoisotopic (exact) mass is 294 g/mol. The van der Waals surface area contributed by atoms with Crippen LogP contribution in [0.15, 0.2) is 0 Å². The van der Waals surface area contributed by atoms with Crippen molar-refractivity contribution in [3.8, 4) is 0 Å². The first-order chi connectivity index (χ1) is 9.70. The number of hydrogen-bond acceptors (Lipinski definition) is 3. The first-order valence-corrected chi connectivity index (χ1v) is 7.92. The third-order valence-electron chi connectivity index (χ3n) is 5.70. The predicted molar refractivity (Wildman–Crippen MR) is 78.7 cm³/mol. The smallest absolute Gasteiger partial charge is 0.407 e. The van der Waals surface area contributed by atoms with Crippen molar-refractivity contribution >= 4 is 12.0 Å². The first-order valence-electron chi connectivity index (χ1n) is 7.92. The van der Waals surface area contributed by atoms with Crippen molar-refractivity contribution in [2.45, 2.75) is 58.0 Å². The molecule has 2 saturated carbocycles. The van der Waals surface area contributed by atoms with Crippen LogP contribution in [0.2, 0.25) is 0 Å². The molecule has 2 amide bonds. The molecule has 5 heteroatoms. The molecule has 21 heavy (non-hydrogen) atoms. The fourth-order valence-electron chi connectivity index (χ4n) is 3.85. The Labute approximate surface area is 126 Å². The van der Waals surface area contributed by atoms with Crippen molar-refractivity contribution in [1.82, 2.24) is 10.2 Å². The molecule has 1 aliphatic heterocycles. The summed E-state index contributed by atoms with van der Waals surface area (Å²) in [6.45, 7) is 7.23. The molecule has 3 rings (SSSR count). The topological polar surface area (TPSA) is 58.6 Å². The highest BCUT2D eigenvalue weighted by atomic mass is 16.6. The maximum absolute atomic E-state index is 12.5. The molecule has 0 aromatic rings. The molecule has 1 saturated heterocycles. The molecule has 118 valence electrons. The highest BCUT2D eigenvalue weighted by molar-refractivity contribution is 5.81. The number of carbonyl (C=O) groups is 2. The van der Waals surface area contributed by atoms with E-state index in [4.69, 9.17) is 4.74 Å². The van der Waals surface area contributed by atoms with Crippen molar-refractivity contribution in [3.05, 3.63) is 0 Å². The van der Waals surface area contributed by atoms with Crippen LogP contribution < -0.4 is 5.32 Å². The fraction of sp³-hybridized carbons (Fsp3) is 0.875. The highest BCUT2D eigenvalue weighted by Gasteiger charge is 2.54. The van der Waals surface area contributed by atoms with Crippen molar-refractivity contribution in [2.24, 2.45) is 17.3 Å². The second kappa shape index (κ2) is 4.62. The third kappa shape index (κ3) is 2.51. The standard InChI is InChI=1S/C16H26N2O3/c1-15(2,3)11-5-12(6-11)18(4)13(19)10-7-16(8-10)9-21-14(20)17-16/h10-12H,5-9H2,1-4H3,(H,17,20)/t10-,11-,12+,16+. The number of hydrogen-bond donors (Lipinski definition) is 1. The molecule has 0 radical (unpaired) electrons. The van der Waals surface area contributed by atoms with Gasteiger partial charge in [0.25, 0.3) is 0 Å². The lowest BCUT2D eigenvalue weighted by molar-refractivity contribution is -0.145. The fourth-order valence-corrected chi connectivity index (χ4v) is 3.85. The summed E-state index contributed by atoms with van der Waals surface area (Å²) in [5.74, 6) is 0.998. The lowest BCUT2D eigenvalue weighted by Crippen LogP contribution is -2.59. The predicted octanol–water partition coefficient (Wildman–Crippen LogP) is 2.16. The lowest BCUT2D eigenvalue weighted by atomic mass is 9.64. The van der Waals surface area contributed by atoms with Crippen molar-refractivity contribution in [3.63, 3.8) is 0 Å². The van der Waals surface area contributed by atoms with Gasteiger partial charge in [-0.2, -0.15) is 0 Å². The maximum Gasteiger partial charge on any atom is 0.407 e. The molecular weight excluding hydrogens is 268 g/mol. The van der Waals surface area contributed by atoms with Gasteiger partial charge in [-0.25, -0.2) is 4.79 Å². The van der Waals surface area contributed by atoms with Gasteiger partial charge in [0, 0.05) is 19.0 Å². The second-order valence-electron chi connectivity index (χ2n) is 8.22. The summed E-state index contributed by atoms with van der Waals surface area (Å²) in [4.78, 5) is 25.6. The SMILES string of the molecule is CN(C(=O)[C@H]1C[C@]2(COC(=O)N2)C1)[C@H]1C[C@@H](C(C)(C)C)C1. The Balaban J connectivity index is 1.48. The zero-order chi connectivity index (χ0) is 15.4. The van der Waals surface area contributed by atoms with Gasteiger partial charge in [-0.1, -0.05) is 20.8 Å². The first kappa shape index (κ1) is 14.7. The molecule has 0 bridgehead atoms. The van der Waals surface area contributed by atoms with Gasteiger partial charge in [0.05, 0.1) is 5.54 Å². The van der Waals surface area contributed by atoms with Gasteiger partial charge in [0.1, 0.15) is 6.61 Å². The molecule has 1 N–H and O–H groups in total. The van der Waals surface area contributed by atoms with Crippen LogP contribution in [-0.2, 0) is 9.53 Å². The van der Waals surface area contributed by atoms with E-state index in [0.717, 1.165) is 25.7 Å². The molecule has 1 heterocycles. The number of carbonyl (C=O) groups excluding carboxylic acids is 2. The lowest BCUT2D eigenvalue weighted by Gasteiger charge is -2.50. The Morgan fingerprint density at radius 3 is 2.43 bits per heavy atom. The molecule has 0 aromatic carbocycles. The van der Waals surface area contributed by atoms with Crippen LogP contribution in [-0.4, -0.2) is 42.1 Å². The van der Waals surface area contributed by atoms with Gasteiger partial charge in [-0.05, 0) is 37.0 Å². The average Bonchev–Trinajstić information content (AvgIpc) is 2.64. The molecule has 0 atom stereocenters. The van der Waals surface area contributed by atoms with E-state index in [1.165, 1.54) is 0 Å². The van der Waals surface area contributed by atoms with Crippen molar-refractivity contribution < 1.29 is 14.3 Å². The van der Waals surface area contributed by atoms with E-state index in [9.17, 15) is 9.59 Å². The second-order valence-corrected chi connectivity index (χ2v) is 8.22. The molecule has 0 unspecified atom stereocenters. The molecule has 2 aliphatic carbocycles. The number of nitrogens with zero attached hydrogens (tertiary/aromatic N) is 1. The minimum atomic E-state index is -0.346. The van der Waals surface area contributed by atoms with Crippen molar-refractivity contribution in [2.75, 3.05) is 13.7 Å². The van der Waals surface area contributed by atoms with E-state index in [1.807, 2.05) is 11.9 Å². The Hall–Kier alpha value is -1.26. The van der Waals surface area contributed by atoms with Crippen LogP contribution in [0.25, 0.3) is 0 Å². The Kier molecular flexibility index (Phi) is 3.22. The van der Waals surface area contributed by atoms with E-state index in [2.05, 4.69) is 26.1 Å². The molecule has 1 spiro atoms. The minimum Gasteiger partial charge on any atom is -0.447 e. The quantitative estimate of drug-likeness (QED) is 0.849. The van der Waals surface area contributed by atoms with Gasteiger partial charge in [-0.15, -0.1) is 0 Å². The minimum absolute atomic E-state index is 0.0469. The summed E-state index contributed by atoms with van der Waals surface area (Å²) in [5.41, 5.74) is 0.0815. The molecule has 5 nitrogen and oxygen atoms in total. The van der Waals surface area contributed by atoms with Crippen LogP contribution in [0, 0.1) is 17.3 Å². The third-order valence-corrected chi connectivity index (χ3v) is 5.70. The van der Waals surface area contributed by atoms with E-state index >= 15 is 0 Å². The maximum atomic E-state index is 12.5. The summed E-state index contributed by atoms with van der Waals surface area (Å²) < 4.78 is 4.96. The van der Waals surface area contributed by atoms with Gasteiger partial charge in [0.2, 0.25) is 5.91 Å². The Bertz CT molecular complexity index is 457. The van der Waals surface area contributed by atoms with Crippen LogP contribution in [0.4, 0.5) is 4.79 Å². The van der Waals surface area contributed by atoms with Crippen LogP contribution in [0.3, 0.4) is 0 Å². The average molecular weight is 294 g/mol. The largest absolute Gasteiger partial charge is 0.447 e. The Morgan fingerprint density at radius 2 is 1.95 bits per heavy atom. The Morgan fingerprint density at radius 1 is 1.33 bits per heavy atom. The molecule has 0 aromatic heterocycles. The normalized spacial score (nSPS) is 38.3. The summed E-state index contributed by atoms with van der Waals surface area (Å²) in [6, 6.07) is 0.396. The molecule has 3 aliphatic rings. The van der Waals surface area contributed by atoms with Gasteiger partial charge >= 0.3 is 6.09 Å². The van der Waals surface area contributed by atoms with E-state index in [0.29, 0.717) is 24.0 Å². The summed E-state index contributed by atoms with van der Waals surface area (Å²) in [5, 5.41) is 2.84. The number of cyclic esters (lactones) is 1. The van der Waals surface area contributed by atoms with E-state index in [-0.39, 0.29) is 23.5 Å². The summed E-state index contributed by atoms with van der Waals surface area (Å²) >= 11 is 0. The number of amides is 2. The van der Waals surface area contributed by atoms with Crippen LogP contribution in [0.1, 0.15) is 46.5 Å². The summed E-state index contributed by atoms with van der Waals surface area (Å²) in [6.07, 6.45) is 3.32. The van der Waals surface area contributed by atoms with Crippen LogP contribution in [0.5, 0.6) is 0 Å². The van der Waals surface area contributed by atoms with E-state index < -0.39 is 0 Å². The number of rotatable bonds is 2. The van der Waals surface area contributed by atoms with Crippen LogP contribution >= 0.6 is 0 Å². The molecular formula is C16H26N2O3. The van der Waals surface area contributed by atoms with Gasteiger partial charge in [-0.3, -0.25) is 4.79 Å². The van der Waals surface area contributed by atoms with E-state index in [1.54, 1.807) is 0 Å². The summed E-state index contributed by atoms with van der Waals surface area (Å²) in [7, 11) is 1.93. The van der Waals surface area contributed by atoms with Crippen molar-refractivity contribution in [1.29, 1.82) is 0 Å². The number of alkyl carbamates (subject to hydrolysis) is 1. The van der Waals surface area contributed by atoms with Gasteiger partial charge < -0.3 is 15.0 Å². The number of ether oxygens (including phenoxy) is 1. The zero-order valence-corrected chi connectivity index (χ0v) is 13.4. The number of nitrogens with one attached hydrogen (secondary N) is 1. The highest BCUT2D eigenvalue weighted by Crippen LogP contribution is 2.45. The van der Waals surface area contributed by atoms with Gasteiger partial charge in [0.15, 0.2) is 0 Å². The molecule has 3 fully saturated rings.